The highest BCUT2D eigenvalue weighted by atomic mass is 19.1. The van der Waals surface area contributed by atoms with Crippen molar-refractivity contribution in [3.05, 3.63) is 72.2 Å². The predicted octanol–water partition coefficient (Wildman–Crippen LogP) is 3.27. The lowest BCUT2D eigenvalue weighted by molar-refractivity contribution is 0.0965. The SMILES string of the molecule is O=C(c1ccccc1)n1c[c]c2cc(F)ccc21. The summed E-state index contributed by atoms with van der Waals surface area (Å²) in [6.45, 7) is 0. The average molecular weight is 238 g/mol. The van der Waals surface area contributed by atoms with Crippen LogP contribution in [0.2, 0.25) is 0 Å². The van der Waals surface area contributed by atoms with Crippen LogP contribution in [0.5, 0.6) is 0 Å². The number of halogens is 1. The van der Waals surface area contributed by atoms with Gasteiger partial charge < -0.3 is 0 Å². The number of fused-ring (bicyclic) bond motifs is 1. The second-order valence-corrected chi connectivity index (χ2v) is 3.98. The first-order valence-corrected chi connectivity index (χ1v) is 5.54. The molecule has 0 saturated heterocycles. The number of hydrogen-bond donors (Lipinski definition) is 0. The molecule has 0 unspecified atom stereocenters. The highest BCUT2D eigenvalue weighted by molar-refractivity contribution is 6.01. The fourth-order valence-corrected chi connectivity index (χ4v) is 1.93. The molecule has 3 rings (SSSR count). The number of nitrogens with zero attached hydrogens (tertiary/aromatic N) is 1. The van der Waals surface area contributed by atoms with Crippen LogP contribution in [-0.2, 0) is 0 Å². The molecule has 0 aliphatic rings. The minimum Gasteiger partial charge on any atom is -0.283 e. The molecule has 18 heavy (non-hydrogen) atoms. The van der Waals surface area contributed by atoms with E-state index in [4.69, 9.17) is 0 Å². The van der Waals surface area contributed by atoms with Crippen molar-refractivity contribution in [3.63, 3.8) is 0 Å². The van der Waals surface area contributed by atoms with Gasteiger partial charge >= 0.3 is 0 Å². The van der Waals surface area contributed by atoms with Gasteiger partial charge in [-0.25, -0.2) is 4.39 Å². The number of rotatable bonds is 1. The fourth-order valence-electron chi connectivity index (χ4n) is 1.93. The maximum Gasteiger partial charge on any atom is 0.262 e. The van der Waals surface area contributed by atoms with Crippen LogP contribution in [0.4, 0.5) is 4.39 Å². The standard InChI is InChI=1S/C15H9FNO/c16-13-6-7-14-12(10-13)8-9-17(14)15(18)11-4-2-1-3-5-11/h1-7,9-10H. The lowest BCUT2D eigenvalue weighted by atomic mass is 10.2. The molecule has 3 aromatic rings. The molecule has 0 atom stereocenters. The Balaban J connectivity index is 2.13. The molecular weight excluding hydrogens is 229 g/mol. The smallest absolute Gasteiger partial charge is 0.262 e. The quantitative estimate of drug-likeness (QED) is 0.637. The third-order valence-corrected chi connectivity index (χ3v) is 2.81. The lowest BCUT2D eigenvalue weighted by Crippen LogP contribution is -2.10. The van der Waals surface area contributed by atoms with E-state index in [2.05, 4.69) is 6.07 Å². The molecule has 0 aliphatic heterocycles. The molecule has 0 spiro atoms. The van der Waals surface area contributed by atoms with Crippen molar-refractivity contribution in [2.24, 2.45) is 0 Å². The normalized spacial score (nSPS) is 10.7. The number of hydrogen-bond acceptors (Lipinski definition) is 1. The van der Waals surface area contributed by atoms with Gasteiger partial charge in [-0.05, 0) is 30.3 Å². The number of carbonyl (C=O) groups excluding carboxylic acids is 1. The van der Waals surface area contributed by atoms with Crippen LogP contribution in [0.3, 0.4) is 0 Å². The number of aromatic nitrogens is 1. The summed E-state index contributed by atoms with van der Waals surface area (Å²) >= 11 is 0. The van der Waals surface area contributed by atoms with Gasteiger partial charge in [-0.1, -0.05) is 18.2 Å². The van der Waals surface area contributed by atoms with E-state index in [0.717, 1.165) is 0 Å². The molecule has 0 bridgehead atoms. The Bertz CT molecular complexity index is 716. The summed E-state index contributed by atoms with van der Waals surface area (Å²) in [5.41, 5.74) is 1.25. The van der Waals surface area contributed by atoms with Crippen LogP contribution >= 0.6 is 0 Å². The van der Waals surface area contributed by atoms with Crippen molar-refractivity contribution in [1.82, 2.24) is 4.57 Å². The van der Waals surface area contributed by atoms with Crippen LogP contribution in [0.1, 0.15) is 10.4 Å². The van der Waals surface area contributed by atoms with Crippen LogP contribution in [0.25, 0.3) is 10.9 Å². The first-order valence-electron chi connectivity index (χ1n) is 5.54. The van der Waals surface area contributed by atoms with Gasteiger partial charge in [0.05, 0.1) is 5.52 Å². The summed E-state index contributed by atoms with van der Waals surface area (Å²) in [6, 6.07) is 16.1. The fraction of sp³-hybridized carbons (Fsp3) is 0. The van der Waals surface area contributed by atoms with Gasteiger partial charge in [-0.3, -0.25) is 9.36 Å². The first kappa shape index (κ1) is 10.7. The molecule has 0 amide bonds. The second kappa shape index (κ2) is 4.11. The molecule has 1 heterocycles. The van der Waals surface area contributed by atoms with Gasteiger partial charge in [0.25, 0.3) is 5.91 Å². The van der Waals surface area contributed by atoms with Gasteiger partial charge in [0, 0.05) is 23.2 Å². The Morgan fingerprint density at radius 2 is 1.89 bits per heavy atom. The topological polar surface area (TPSA) is 22.0 Å². The molecule has 0 N–H and O–H groups in total. The van der Waals surface area contributed by atoms with E-state index in [1.165, 1.54) is 16.7 Å². The van der Waals surface area contributed by atoms with Crippen molar-refractivity contribution < 1.29 is 9.18 Å². The van der Waals surface area contributed by atoms with Crippen LogP contribution in [0.15, 0.2) is 54.7 Å². The van der Waals surface area contributed by atoms with Gasteiger partial charge in [0.2, 0.25) is 0 Å². The molecule has 0 saturated carbocycles. The Morgan fingerprint density at radius 3 is 2.67 bits per heavy atom. The zero-order chi connectivity index (χ0) is 12.5. The van der Waals surface area contributed by atoms with E-state index >= 15 is 0 Å². The highest BCUT2D eigenvalue weighted by Crippen LogP contribution is 2.17. The molecule has 2 nitrogen and oxygen atoms in total. The Labute approximate surface area is 103 Å². The highest BCUT2D eigenvalue weighted by Gasteiger charge is 2.11. The Hall–Kier alpha value is -2.42. The minimum atomic E-state index is -0.330. The summed E-state index contributed by atoms with van der Waals surface area (Å²) in [6.07, 6.45) is 1.54. The van der Waals surface area contributed by atoms with Crippen molar-refractivity contribution in [1.29, 1.82) is 0 Å². The maximum absolute atomic E-state index is 13.1. The van der Waals surface area contributed by atoms with Crippen molar-refractivity contribution in [2.45, 2.75) is 0 Å². The second-order valence-electron chi connectivity index (χ2n) is 3.98. The zero-order valence-electron chi connectivity index (χ0n) is 9.43. The Kier molecular flexibility index (Phi) is 2.45. The summed E-state index contributed by atoms with van der Waals surface area (Å²) in [5, 5.41) is 0.597. The van der Waals surface area contributed by atoms with Crippen LogP contribution in [0, 0.1) is 11.9 Å². The van der Waals surface area contributed by atoms with Crippen molar-refractivity contribution >= 4 is 16.8 Å². The van der Waals surface area contributed by atoms with Gasteiger partial charge in [-0.2, -0.15) is 0 Å². The number of benzene rings is 2. The summed E-state index contributed by atoms with van der Waals surface area (Å²) in [4.78, 5) is 12.3. The molecule has 87 valence electrons. The van der Waals surface area contributed by atoms with E-state index < -0.39 is 0 Å². The third kappa shape index (κ3) is 1.70. The summed E-state index contributed by atoms with van der Waals surface area (Å²) in [5.74, 6) is -0.475. The Morgan fingerprint density at radius 1 is 1.11 bits per heavy atom. The van der Waals surface area contributed by atoms with Crippen LogP contribution in [-0.4, -0.2) is 10.5 Å². The van der Waals surface area contributed by atoms with E-state index in [9.17, 15) is 9.18 Å². The van der Waals surface area contributed by atoms with Gasteiger partial charge in [-0.15, -0.1) is 0 Å². The van der Waals surface area contributed by atoms with E-state index in [1.807, 2.05) is 18.2 Å². The van der Waals surface area contributed by atoms with E-state index in [0.29, 0.717) is 16.5 Å². The summed E-state index contributed by atoms with van der Waals surface area (Å²) < 4.78 is 14.5. The van der Waals surface area contributed by atoms with E-state index in [-0.39, 0.29) is 11.7 Å². The molecule has 0 aliphatic carbocycles. The minimum absolute atomic E-state index is 0.145. The molecule has 0 fully saturated rings. The molecule has 1 radical (unpaired) electrons. The number of carbonyl (C=O) groups is 1. The first-order chi connectivity index (χ1) is 8.75. The average Bonchev–Trinajstić information content (AvgIpc) is 2.81. The molecular formula is C15H9FNO. The molecule has 1 aromatic heterocycles. The predicted molar refractivity (Wildman–Crippen MR) is 66.9 cm³/mol. The third-order valence-electron chi connectivity index (χ3n) is 2.81. The molecule has 2 aromatic carbocycles. The van der Waals surface area contributed by atoms with Crippen LogP contribution < -0.4 is 0 Å². The summed E-state index contributed by atoms with van der Waals surface area (Å²) in [7, 11) is 0. The van der Waals surface area contributed by atoms with E-state index in [1.54, 1.807) is 24.4 Å². The van der Waals surface area contributed by atoms with Gasteiger partial charge in [0.15, 0.2) is 0 Å². The van der Waals surface area contributed by atoms with Gasteiger partial charge in [0.1, 0.15) is 5.82 Å². The largest absolute Gasteiger partial charge is 0.283 e. The maximum atomic E-state index is 13.1. The molecule has 3 heteroatoms. The monoisotopic (exact) mass is 238 g/mol. The van der Waals surface area contributed by atoms with Crippen molar-refractivity contribution in [3.8, 4) is 0 Å². The zero-order valence-corrected chi connectivity index (χ0v) is 9.43. The lowest BCUT2D eigenvalue weighted by Gasteiger charge is -2.03. The van der Waals surface area contributed by atoms with Crippen molar-refractivity contribution in [2.75, 3.05) is 0 Å².